The fourth-order valence-corrected chi connectivity index (χ4v) is 3.11. The lowest BCUT2D eigenvalue weighted by atomic mass is 10.0. The molecule has 0 heterocycles. The molecule has 0 aliphatic rings. The van der Waals surface area contributed by atoms with Crippen molar-refractivity contribution in [2.45, 2.75) is 9.65 Å². The first-order valence-electron chi connectivity index (χ1n) is 6.65. The normalized spacial score (nSPS) is 13.2. The first-order valence-corrected chi connectivity index (χ1v) is 8.48. The van der Waals surface area contributed by atoms with Crippen molar-refractivity contribution in [1.29, 1.82) is 0 Å². The van der Waals surface area contributed by atoms with Crippen LogP contribution in [0.15, 0.2) is 48.5 Å². The van der Waals surface area contributed by atoms with Crippen LogP contribution in [0.1, 0.15) is 20.7 Å². The molecule has 0 saturated heterocycles. The number of non-ortho nitro benzene ring substituents is 1. The average Bonchev–Trinajstić information content (AvgIpc) is 2.60. The van der Waals surface area contributed by atoms with Crippen molar-refractivity contribution in [2.75, 3.05) is 7.11 Å². The number of carbonyl (C=O) groups is 1. The summed E-state index contributed by atoms with van der Waals surface area (Å²) in [4.78, 5) is 21.9. The number of nitrogens with zero attached hydrogens (tertiary/aromatic N) is 1. The lowest BCUT2D eigenvalue weighted by molar-refractivity contribution is -0.384. The zero-order valence-electron chi connectivity index (χ0n) is 12.1. The third-order valence-electron chi connectivity index (χ3n) is 3.30. The summed E-state index contributed by atoms with van der Waals surface area (Å²) in [7, 11) is 1.56. The minimum Gasteiger partial charge on any atom is -0.497 e. The molecule has 0 spiro atoms. The van der Waals surface area contributed by atoms with Crippen LogP contribution < -0.4 is 4.74 Å². The molecule has 5 nitrogen and oxygen atoms in total. The second-order valence-corrected chi connectivity index (χ2v) is 6.72. The van der Waals surface area contributed by atoms with Crippen molar-refractivity contribution in [2.24, 2.45) is 0 Å². The van der Waals surface area contributed by atoms with E-state index in [1.807, 2.05) is 0 Å². The monoisotopic (exact) mass is 441 g/mol. The number of carbonyl (C=O) groups excluding carboxylic acids is 1. The summed E-state index contributed by atoms with van der Waals surface area (Å²) in [6.07, 6.45) is 0. The van der Waals surface area contributed by atoms with Gasteiger partial charge in [0.1, 0.15) is 5.75 Å². The van der Waals surface area contributed by atoms with Gasteiger partial charge in [-0.2, -0.15) is 0 Å². The SMILES string of the molecule is COc1ccc(C(=O)[C@H](Br)[C@@H](Br)c2ccc([N+](=O)[O-])cc2)cc1. The summed E-state index contributed by atoms with van der Waals surface area (Å²) >= 11 is 6.88. The Hall–Kier alpha value is -1.73. The van der Waals surface area contributed by atoms with Gasteiger partial charge in [-0.15, -0.1) is 0 Å². The zero-order chi connectivity index (χ0) is 17.0. The van der Waals surface area contributed by atoms with E-state index in [4.69, 9.17) is 4.74 Å². The van der Waals surface area contributed by atoms with E-state index in [2.05, 4.69) is 31.9 Å². The number of alkyl halides is 2. The molecule has 23 heavy (non-hydrogen) atoms. The van der Waals surface area contributed by atoms with Gasteiger partial charge >= 0.3 is 0 Å². The average molecular weight is 443 g/mol. The number of methoxy groups -OCH3 is 1. The summed E-state index contributed by atoms with van der Waals surface area (Å²) in [5.41, 5.74) is 1.35. The molecular weight excluding hydrogens is 430 g/mol. The van der Waals surface area contributed by atoms with Crippen molar-refractivity contribution in [3.05, 3.63) is 69.8 Å². The second-order valence-electron chi connectivity index (χ2n) is 4.74. The highest BCUT2D eigenvalue weighted by molar-refractivity contribution is 9.12. The Morgan fingerprint density at radius 1 is 1.09 bits per heavy atom. The number of nitro benzene ring substituents is 1. The Kier molecular flexibility index (Phi) is 5.90. The Morgan fingerprint density at radius 3 is 2.13 bits per heavy atom. The number of hydrogen-bond acceptors (Lipinski definition) is 4. The summed E-state index contributed by atoms with van der Waals surface area (Å²) < 4.78 is 5.07. The fraction of sp³-hybridized carbons (Fsp3) is 0.188. The molecule has 0 aliphatic carbocycles. The van der Waals surface area contributed by atoms with Crippen molar-refractivity contribution >= 4 is 43.3 Å². The Morgan fingerprint density at radius 2 is 1.65 bits per heavy atom. The molecule has 0 N–H and O–H groups in total. The highest BCUT2D eigenvalue weighted by atomic mass is 79.9. The zero-order valence-corrected chi connectivity index (χ0v) is 15.3. The smallest absolute Gasteiger partial charge is 0.269 e. The first kappa shape index (κ1) is 17.6. The van der Waals surface area contributed by atoms with Gasteiger partial charge in [0.15, 0.2) is 5.78 Å². The number of ether oxygens (including phenoxy) is 1. The van der Waals surface area contributed by atoms with Gasteiger partial charge in [-0.1, -0.05) is 44.0 Å². The van der Waals surface area contributed by atoms with Crippen LogP contribution in [0.4, 0.5) is 5.69 Å². The van der Waals surface area contributed by atoms with Crippen LogP contribution in [0.25, 0.3) is 0 Å². The highest BCUT2D eigenvalue weighted by Crippen LogP contribution is 2.34. The Bertz CT molecular complexity index is 701. The highest BCUT2D eigenvalue weighted by Gasteiger charge is 2.26. The third-order valence-corrected chi connectivity index (χ3v) is 6.02. The molecule has 2 rings (SSSR count). The molecule has 0 aliphatic heterocycles. The van der Waals surface area contributed by atoms with E-state index < -0.39 is 9.75 Å². The molecule has 120 valence electrons. The molecule has 2 aromatic rings. The van der Waals surface area contributed by atoms with Gasteiger partial charge in [0.05, 0.1) is 21.7 Å². The lowest BCUT2D eigenvalue weighted by Gasteiger charge is -2.16. The molecule has 2 atom stereocenters. The number of halogens is 2. The van der Waals surface area contributed by atoms with Crippen LogP contribution >= 0.6 is 31.9 Å². The Balaban J connectivity index is 2.15. The molecule has 7 heteroatoms. The van der Waals surface area contributed by atoms with Gasteiger partial charge < -0.3 is 4.74 Å². The van der Waals surface area contributed by atoms with E-state index in [0.29, 0.717) is 11.3 Å². The van der Waals surface area contributed by atoms with Crippen LogP contribution in [-0.4, -0.2) is 22.6 Å². The van der Waals surface area contributed by atoms with Gasteiger partial charge in [-0.3, -0.25) is 14.9 Å². The number of nitro groups is 1. The molecule has 0 bridgehead atoms. The molecule has 0 unspecified atom stereocenters. The van der Waals surface area contributed by atoms with Gasteiger partial charge in [-0.25, -0.2) is 0 Å². The van der Waals surface area contributed by atoms with Crippen molar-refractivity contribution < 1.29 is 14.5 Å². The molecule has 0 aromatic heterocycles. The van der Waals surface area contributed by atoms with Crippen molar-refractivity contribution in [1.82, 2.24) is 0 Å². The second kappa shape index (κ2) is 7.70. The van der Waals surface area contributed by atoms with Gasteiger partial charge in [-0.05, 0) is 29.8 Å². The molecule has 0 saturated carbocycles. The predicted octanol–water partition coefficient (Wildman–Crippen LogP) is 4.69. The minimum absolute atomic E-state index is 0.0149. The number of ketones is 1. The van der Waals surface area contributed by atoms with Gasteiger partial charge in [0, 0.05) is 17.7 Å². The van der Waals surface area contributed by atoms with E-state index >= 15 is 0 Å². The van der Waals surface area contributed by atoms with Crippen LogP contribution in [0, 0.1) is 10.1 Å². The molecule has 0 amide bonds. The van der Waals surface area contributed by atoms with E-state index in [1.54, 1.807) is 43.5 Å². The Labute approximate surface area is 150 Å². The molecule has 0 fully saturated rings. The van der Waals surface area contributed by atoms with E-state index in [0.717, 1.165) is 5.56 Å². The maximum absolute atomic E-state index is 12.5. The van der Waals surface area contributed by atoms with Crippen LogP contribution in [-0.2, 0) is 0 Å². The quantitative estimate of drug-likeness (QED) is 0.281. The number of rotatable bonds is 6. The molecular formula is C16H13Br2NO4. The number of benzene rings is 2. The van der Waals surface area contributed by atoms with Crippen molar-refractivity contribution in [3.8, 4) is 5.75 Å². The summed E-state index contributed by atoms with van der Waals surface area (Å²) in [5, 5.41) is 10.7. The summed E-state index contributed by atoms with van der Waals surface area (Å²) in [6, 6.07) is 12.9. The molecule has 0 radical (unpaired) electrons. The largest absolute Gasteiger partial charge is 0.497 e. The topological polar surface area (TPSA) is 69.4 Å². The van der Waals surface area contributed by atoms with Crippen LogP contribution in [0.3, 0.4) is 0 Å². The molecule has 2 aromatic carbocycles. The maximum atomic E-state index is 12.5. The number of Topliss-reactive ketones (excluding diaryl/α,β-unsaturated/α-hetero) is 1. The maximum Gasteiger partial charge on any atom is 0.269 e. The summed E-state index contributed by atoms with van der Waals surface area (Å²) in [5.74, 6) is 0.589. The fourth-order valence-electron chi connectivity index (χ4n) is 2.00. The first-order chi connectivity index (χ1) is 10.9. The predicted molar refractivity (Wildman–Crippen MR) is 94.8 cm³/mol. The minimum atomic E-state index is -0.502. The standard InChI is InChI=1S/C16H13Br2NO4/c1-23-13-8-4-11(5-9-13)16(20)15(18)14(17)10-2-6-12(7-3-10)19(21)22/h2-9,14-15H,1H3/t14-,15+/m0/s1. The van der Waals surface area contributed by atoms with Crippen LogP contribution in [0.5, 0.6) is 5.75 Å². The van der Waals surface area contributed by atoms with E-state index in [9.17, 15) is 14.9 Å². The van der Waals surface area contributed by atoms with Crippen molar-refractivity contribution in [3.63, 3.8) is 0 Å². The summed E-state index contributed by atoms with van der Waals surface area (Å²) in [6.45, 7) is 0. The lowest BCUT2D eigenvalue weighted by Crippen LogP contribution is -2.19. The van der Waals surface area contributed by atoms with Crippen LogP contribution in [0.2, 0.25) is 0 Å². The van der Waals surface area contributed by atoms with Gasteiger partial charge in [0.25, 0.3) is 5.69 Å². The van der Waals surface area contributed by atoms with Gasteiger partial charge in [0.2, 0.25) is 0 Å². The third kappa shape index (κ3) is 4.17. The van der Waals surface area contributed by atoms with E-state index in [-0.39, 0.29) is 16.3 Å². The van der Waals surface area contributed by atoms with E-state index in [1.165, 1.54) is 12.1 Å². The number of hydrogen-bond donors (Lipinski definition) is 0.